The van der Waals surface area contributed by atoms with Crippen molar-refractivity contribution in [3.63, 3.8) is 0 Å². The number of rotatable bonds is 3. The van der Waals surface area contributed by atoms with Crippen molar-refractivity contribution >= 4 is 23.8 Å². The van der Waals surface area contributed by atoms with Gasteiger partial charge in [-0.3, -0.25) is 0 Å². The van der Waals surface area contributed by atoms with Gasteiger partial charge in [-0.15, -0.1) is 5.30 Å². The first-order chi connectivity index (χ1) is 12.3. The van der Waals surface area contributed by atoms with Gasteiger partial charge in [0.15, 0.2) is 0 Å². The Labute approximate surface area is 168 Å². The minimum Gasteiger partial charge on any atom is -0.748 e. The van der Waals surface area contributed by atoms with E-state index in [1.165, 1.54) is 27.0 Å². The van der Waals surface area contributed by atoms with E-state index in [4.69, 9.17) is 0 Å². The Morgan fingerprint density at radius 3 is 1.38 bits per heavy atom. The second kappa shape index (κ2) is 10.3. The van der Waals surface area contributed by atoms with Gasteiger partial charge in [0.25, 0.3) is 0 Å². The second-order valence-electron chi connectivity index (χ2n) is 6.01. The number of hydrogen-bond donors (Lipinski definition) is 0. The molecule has 0 radical (unpaired) electrons. The third-order valence-corrected chi connectivity index (χ3v) is 6.95. The van der Waals surface area contributed by atoms with E-state index in [9.17, 15) is 0 Å². The maximum Gasteiger partial charge on any atom is 0 e. The first kappa shape index (κ1) is 20.4. The maximum absolute atomic E-state index is 2.28. The molecule has 0 aliphatic heterocycles. The Balaban J connectivity index is 0.000000351. The van der Waals surface area contributed by atoms with Crippen LogP contribution < -0.4 is 15.9 Å². The molecule has 0 aromatic heterocycles. The molecule has 2 heteroatoms. The molecule has 0 nitrogen and oxygen atoms in total. The van der Waals surface area contributed by atoms with Crippen LogP contribution in [0.2, 0.25) is 0 Å². The van der Waals surface area contributed by atoms with E-state index in [1.54, 1.807) is 0 Å². The molecule has 138 valence electrons. The van der Waals surface area contributed by atoms with E-state index in [2.05, 4.69) is 86.6 Å². The molecule has 0 atom stereocenters. The number of hydrogen-bond acceptors (Lipinski definition) is 0. The Kier molecular flexibility index (Phi) is 8.07. The molecule has 0 unspecified atom stereocenters. The fraction of sp³-hybridized carbons (Fsp3) is 0.0833. The van der Waals surface area contributed by atoms with E-state index in [-0.39, 0.29) is 17.1 Å². The van der Waals surface area contributed by atoms with Gasteiger partial charge in [0.1, 0.15) is 0 Å². The van der Waals surface area contributed by atoms with Crippen molar-refractivity contribution in [2.75, 3.05) is 0 Å². The van der Waals surface area contributed by atoms with Gasteiger partial charge >= 0.3 is 0 Å². The minimum absolute atomic E-state index is 0. The zero-order valence-electron chi connectivity index (χ0n) is 15.1. The molecule has 0 aliphatic rings. The molecule has 4 aromatic rings. The van der Waals surface area contributed by atoms with Crippen molar-refractivity contribution in [2.45, 2.75) is 13.8 Å². The quantitative estimate of drug-likeness (QED) is 0.253. The molecule has 4 aromatic carbocycles. The van der Waals surface area contributed by atoms with Crippen LogP contribution in [0, 0.1) is 13.8 Å². The summed E-state index contributed by atoms with van der Waals surface area (Å²) in [6, 6.07) is 36.3. The van der Waals surface area contributed by atoms with Gasteiger partial charge in [-0.25, -0.2) is 12.1 Å². The van der Waals surface area contributed by atoms with Crippen molar-refractivity contribution in [3.8, 4) is 0 Å². The maximum atomic E-state index is 2.28. The molecule has 0 aliphatic carbocycles. The van der Waals surface area contributed by atoms with Crippen molar-refractivity contribution in [3.05, 3.63) is 114 Å². The summed E-state index contributed by atoms with van der Waals surface area (Å²) in [5.74, 6) is 0. The largest absolute Gasteiger partial charge is 0.748 e. The van der Waals surface area contributed by atoms with Crippen molar-refractivity contribution in [2.24, 2.45) is 0 Å². The number of benzene rings is 2. The molecule has 0 saturated carbocycles. The summed E-state index contributed by atoms with van der Waals surface area (Å²) >= 11 is 0. The van der Waals surface area contributed by atoms with Gasteiger partial charge < -0.3 is 30.3 Å². The van der Waals surface area contributed by atoms with E-state index in [1.807, 2.05) is 30.3 Å². The van der Waals surface area contributed by atoms with Crippen LogP contribution in [0.25, 0.3) is 0 Å². The van der Waals surface area contributed by atoms with Gasteiger partial charge in [0.05, 0.1) is 0 Å². The molecule has 0 saturated heterocycles. The van der Waals surface area contributed by atoms with Crippen LogP contribution in [0.15, 0.2) is 103 Å². The van der Waals surface area contributed by atoms with Crippen molar-refractivity contribution in [1.82, 2.24) is 0 Å². The molecule has 26 heavy (non-hydrogen) atoms. The normalized spacial score (nSPS) is 9.96. The molecular formula is C24H23FeP-6. The molecule has 0 spiro atoms. The standard InChI is InChI=1S/C19H18P.C5H5.Fe/c1-15-9-3-7-13-18(15)20(17-11-5-6-12-17)19-14-8-4-10-16(19)2;1-2-4-5-3-1;/h3-14H,1-2H3;1-5H;/q-1;-5;. The van der Waals surface area contributed by atoms with Gasteiger partial charge in [-0.2, -0.15) is 12.1 Å². The first-order valence-corrected chi connectivity index (χ1v) is 9.91. The van der Waals surface area contributed by atoms with Crippen LogP contribution in [-0.4, -0.2) is 0 Å². The molecule has 0 bridgehead atoms. The van der Waals surface area contributed by atoms with Gasteiger partial charge in [-0.05, 0) is 35.6 Å². The van der Waals surface area contributed by atoms with Crippen LogP contribution in [0.5, 0.6) is 0 Å². The summed E-state index contributed by atoms with van der Waals surface area (Å²) in [6.07, 6.45) is 0. The van der Waals surface area contributed by atoms with Crippen LogP contribution >= 0.6 is 7.92 Å². The predicted molar refractivity (Wildman–Crippen MR) is 112 cm³/mol. The van der Waals surface area contributed by atoms with E-state index in [0.717, 1.165) is 0 Å². The van der Waals surface area contributed by atoms with E-state index >= 15 is 0 Å². The molecule has 0 N–H and O–H groups in total. The molecule has 0 fully saturated rings. The minimum atomic E-state index is -0.451. The van der Waals surface area contributed by atoms with Gasteiger partial charge in [0.2, 0.25) is 0 Å². The van der Waals surface area contributed by atoms with Crippen LogP contribution in [0.1, 0.15) is 11.1 Å². The summed E-state index contributed by atoms with van der Waals surface area (Å²) < 4.78 is 0. The van der Waals surface area contributed by atoms with Crippen LogP contribution in [-0.2, 0) is 17.1 Å². The molecule has 0 amide bonds. The Hall–Kier alpha value is -1.91. The second-order valence-corrected chi connectivity index (χ2v) is 8.16. The van der Waals surface area contributed by atoms with Gasteiger partial charge in [0, 0.05) is 17.1 Å². The van der Waals surface area contributed by atoms with E-state index in [0.29, 0.717) is 0 Å². The zero-order valence-corrected chi connectivity index (χ0v) is 17.1. The summed E-state index contributed by atoms with van der Waals surface area (Å²) in [6.45, 7) is 4.43. The van der Waals surface area contributed by atoms with E-state index < -0.39 is 7.92 Å². The van der Waals surface area contributed by atoms with Crippen molar-refractivity contribution in [1.29, 1.82) is 0 Å². The number of aryl methyl sites for hydroxylation is 2. The summed E-state index contributed by atoms with van der Waals surface area (Å²) in [4.78, 5) is 0. The van der Waals surface area contributed by atoms with Crippen LogP contribution in [0.3, 0.4) is 0 Å². The smallest absolute Gasteiger partial charge is 0 e. The monoisotopic (exact) mass is 398 g/mol. The molecule has 4 rings (SSSR count). The topological polar surface area (TPSA) is 0 Å². The summed E-state index contributed by atoms with van der Waals surface area (Å²) in [5.41, 5.74) is 2.76. The first-order valence-electron chi connectivity index (χ1n) is 8.57. The third-order valence-electron chi connectivity index (χ3n) is 4.17. The molecule has 0 heterocycles. The Bertz CT molecular complexity index is 814. The fourth-order valence-electron chi connectivity index (χ4n) is 2.87. The predicted octanol–water partition coefficient (Wildman–Crippen LogP) is 5.18. The fourth-order valence-corrected chi connectivity index (χ4v) is 5.48. The Morgan fingerprint density at radius 1 is 0.615 bits per heavy atom. The summed E-state index contributed by atoms with van der Waals surface area (Å²) in [7, 11) is -0.451. The third kappa shape index (κ3) is 5.05. The van der Waals surface area contributed by atoms with Crippen LogP contribution in [0.4, 0.5) is 0 Å². The summed E-state index contributed by atoms with van der Waals surface area (Å²) in [5, 5.41) is 4.36. The Morgan fingerprint density at radius 2 is 1.00 bits per heavy atom. The average molecular weight is 398 g/mol. The van der Waals surface area contributed by atoms with Crippen molar-refractivity contribution < 1.29 is 17.1 Å². The average Bonchev–Trinajstić information content (AvgIpc) is 3.35. The SMILES string of the molecule is Cc1ccccc1P(c1ccccc1C)[c-]1cccc1.[Fe].[cH-]1[cH-][cH-][cH-][cH-]1. The molecular weight excluding hydrogens is 375 g/mol. The van der Waals surface area contributed by atoms with Gasteiger partial charge in [-0.1, -0.05) is 56.5 Å². The zero-order chi connectivity index (χ0) is 17.5.